The van der Waals surface area contributed by atoms with Gasteiger partial charge in [-0.05, 0) is 38.8 Å². The normalized spacial score (nSPS) is 18.0. The fourth-order valence-corrected chi connectivity index (χ4v) is 2.87. The quantitative estimate of drug-likeness (QED) is 0.801. The number of esters is 1. The Morgan fingerprint density at radius 1 is 1.52 bits per heavy atom. The highest BCUT2D eigenvalue weighted by molar-refractivity contribution is 5.94. The number of pyridine rings is 1. The molecule has 0 spiro atoms. The van der Waals surface area contributed by atoms with Crippen LogP contribution in [-0.2, 0) is 4.74 Å². The van der Waals surface area contributed by atoms with Crippen molar-refractivity contribution in [2.75, 3.05) is 24.6 Å². The maximum Gasteiger partial charge on any atom is 0.341 e. The van der Waals surface area contributed by atoms with Gasteiger partial charge in [0.05, 0.1) is 12.5 Å². The van der Waals surface area contributed by atoms with E-state index in [1.807, 2.05) is 6.92 Å². The lowest BCUT2D eigenvalue weighted by Gasteiger charge is -2.32. The summed E-state index contributed by atoms with van der Waals surface area (Å²) in [5.41, 5.74) is 0.497. The van der Waals surface area contributed by atoms with Crippen molar-refractivity contribution in [2.45, 2.75) is 32.6 Å². The van der Waals surface area contributed by atoms with Crippen molar-refractivity contribution in [1.29, 1.82) is 0 Å². The number of carbonyl (C=O) groups is 1. The van der Waals surface area contributed by atoms with Crippen molar-refractivity contribution in [3.8, 4) is 0 Å². The van der Waals surface area contributed by atoms with Crippen molar-refractivity contribution in [1.82, 2.24) is 15.1 Å². The number of aryl methyl sites for hydroxylation is 1. The van der Waals surface area contributed by atoms with Crippen molar-refractivity contribution < 1.29 is 14.1 Å². The summed E-state index contributed by atoms with van der Waals surface area (Å²) in [6.07, 6.45) is 3.66. The molecule has 0 amide bonds. The van der Waals surface area contributed by atoms with Crippen LogP contribution in [-0.4, -0.2) is 40.8 Å². The first kappa shape index (κ1) is 15.5. The van der Waals surface area contributed by atoms with Crippen molar-refractivity contribution in [2.24, 2.45) is 0 Å². The Balaban J connectivity index is 1.83. The number of carbonyl (C=O) groups excluding carboxylic acids is 1. The molecule has 7 nitrogen and oxygen atoms in total. The van der Waals surface area contributed by atoms with Crippen molar-refractivity contribution >= 4 is 11.8 Å². The van der Waals surface area contributed by atoms with Crippen LogP contribution < -0.4 is 4.90 Å². The number of piperidine rings is 1. The van der Waals surface area contributed by atoms with Gasteiger partial charge >= 0.3 is 5.97 Å². The lowest BCUT2D eigenvalue weighted by Crippen LogP contribution is -2.36. The molecule has 122 valence electrons. The van der Waals surface area contributed by atoms with Gasteiger partial charge in [-0.25, -0.2) is 9.78 Å². The predicted molar refractivity (Wildman–Crippen MR) is 83.4 cm³/mol. The number of hydrogen-bond acceptors (Lipinski definition) is 7. The average molecular weight is 316 g/mol. The maximum absolute atomic E-state index is 12.1. The molecule has 0 aromatic carbocycles. The second-order valence-corrected chi connectivity index (χ2v) is 5.56. The van der Waals surface area contributed by atoms with Gasteiger partial charge in [0.2, 0.25) is 5.89 Å². The highest BCUT2D eigenvalue weighted by Crippen LogP contribution is 2.30. The SMILES string of the molecule is CCOC(=O)c1cccnc1N1CCCC(c2nc(C)no2)C1. The number of aromatic nitrogens is 3. The molecule has 1 fully saturated rings. The van der Waals surface area contributed by atoms with Gasteiger partial charge in [0.15, 0.2) is 5.82 Å². The van der Waals surface area contributed by atoms with E-state index in [1.165, 1.54) is 0 Å². The number of rotatable bonds is 4. The van der Waals surface area contributed by atoms with Crippen molar-refractivity contribution in [3.63, 3.8) is 0 Å². The molecule has 1 aliphatic rings. The van der Waals surface area contributed by atoms with Crippen LogP contribution in [0.4, 0.5) is 5.82 Å². The average Bonchev–Trinajstić information content (AvgIpc) is 3.02. The minimum absolute atomic E-state index is 0.155. The Morgan fingerprint density at radius 2 is 2.39 bits per heavy atom. The molecule has 0 saturated carbocycles. The highest BCUT2D eigenvalue weighted by atomic mass is 16.5. The standard InChI is InChI=1S/C16H20N4O3/c1-3-22-16(21)13-7-4-8-17-14(13)20-9-5-6-12(10-20)15-18-11(2)19-23-15/h4,7-8,12H,3,5-6,9-10H2,1-2H3. The molecule has 3 heterocycles. The van der Waals surface area contributed by atoms with Crippen molar-refractivity contribution in [3.05, 3.63) is 35.6 Å². The molecule has 1 unspecified atom stereocenters. The molecular formula is C16H20N4O3. The van der Waals surface area contributed by atoms with Gasteiger partial charge in [0, 0.05) is 19.3 Å². The zero-order chi connectivity index (χ0) is 16.2. The molecule has 0 radical (unpaired) electrons. The van der Waals surface area contributed by atoms with Crippen LogP contribution in [0.2, 0.25) is 0 Å². The molecule has 0 N–H and O–H groups in total. The molecule has 1 saturated heterocycles. The molecule has 2 aromatic rings. The fraction of sp³-hybridized carbons (Fsp3) is 0.500. The molecule has 3 rings (SSSR count). The predicted octanol–water partition coefficient (Wildman–Crippen LogP) is 2.33. The zero-order valence-electron chi connectivity index (χ0n) is 13.4. The number of anilines is 1. The Kier molecular flexibility index (Phi) is 4.55. The molecule has 0 bridgehead atoms. The fourth-order valence-electron chi connectivity index (χ4n) is 2.87. The first-order valence-electron chi connectivity index (χ1n) is 7.86. The second kappa shape index (κ2) is 6.76. The Hall–Kier alpha value is -2.44. The van der Waals surface area contributed by atoms with Crippen LogP contribution >= 0.6 is 0 Å². The summed E-state index contributed by atoms with van der Waals surface area (Å²) in [5, 5.41) is 3.87. The van der Waals surface area contributed by atoms with Crippen LogP contribution in [0.1, 0.15) is 47.8 Å². The van der Waals surface area contributed by atoms with E-state index in [0.717, 1.165) is 19.4 Å². The van der Waals surface area contributed by atoms with E-state index in [1.54, 1.807) is 25.3 Å². The van der Waals surface area contributed by atoms with Gasteiger partial charge in [-0.1, -0.05) is 5.16 Å². The summed E-state index contributed by atoms with van der Waals surface area (Å²) in [5.74, 6) is 1.77. The van der Waals surface area contributed by atoms with Crippen LogP contribution in [0.3, 0.4) is 0 Å². The summed E-state index contributed by atoms with van der Waals surface area (Å²) < 4.78 is 10.4. The largest absolute Gasteiger partial charge is 0.462 e. The summed E-state index contributed by atoms with van der Waals surface area (Å²) in [6.45, 7) is 5.49. The van der Waals surface area contributed by atoms with E-state index in [2.05, 4.69) is 20.0 Å². The van der Waals surface area contributed by atoms with Gasteiger partial charge < -0.3 is 14.2 Å². The summed E-state index contributed by atoms with van der Waals surface area (Å²) in [4.78, 5) is 23.0. The van der Waals surface area contributed by atoms with Gasteiger partial charge in [-0.3, -0.25) is 0 Å². The Morgan fingerprint density at radius 3 is 3.13 bits per heavy atom. The van der Waals surface area contributed by atoms with Gasteiger partial charge in [0.25, 0.3) is 0 Å². The van der Waals surface area contributed by atoms with Gasteiger partial charge in [-0.15, -0.1) is 0 Å². The molecule has 0 aliphatic carbocycles. The molecule has 1 aliphatic heterocycles. The lowest BCUT2D eigenvalue weighted by molar-refractivity contribution is 0.0526. The number of ether oxygens (including phenoxy) is 1. The van der Waals surface area contributed by atoms with Crippen LogP contribution in [0, 0.1) is 6.92 Å². The third-order valence-corrected chi connectivity index (χ3v) is 3.90. The first-order chi connectivity index (χ1) is 11.2. The summed E-state index contributed by atoms with van der Waals surface area (Å²) in [7, 11) is 0. The molecular weight excluding hydrogens is 296 g/mol. The first-order valence-corrected chi connectivity index (χ1v) is 7.86. The second-order valence-electron chi connectivity index (χ2n) is 5.56. The van der Waals surface area contributed by atoms with E-state index in [0.29, 0.717) is 36.2 Å². The van der Waals surface area contributed by atoms with Gasteiger partial charge in [0.1, 0.15) is 11.4 Å². The lowest BCUT2D eigenvalue weighted by atomic mass is 9.97. The minimum atomic E-state index is -0.341. The molecule has 23 heavy (non-hydrogen) atoms. The van der Waals surface area contributed by atoms with Crippen LogP contribution in [0.25, 0.3) is 0 Å². The molecule has 2 aromatic heterocycles. The zero-order valence-corrected chi connectivity index (χ0v) is 13.4. The van der Waals surface area contributed by atoms with E-state index < -0.39 is 0 Å². The molecule has 1 atom stereocenters. The Bertz CT molecular complexity index is 685. The number of hydrogen-bond donors (Lipinski definition) is 0. The highest BCUT2D eigenvalue weighted by Gasteiger charge is 2.28. The smallest absolute Gasteiger partial charge is 0.341 e. The Labute approximate surface area is 134 Å². The van der Waals surface area contributed by atoms with Gasteiger partial charge in [-0.2, -0.15) is 4.98 Å². The third kappa shape index (κ3) is 3.33. The molecule has 7 heteroatoms. The third-order valence-electron chi connectivity index (χ3n) is 3.90. The van der Waals surface area contributed by atoms with E-state index in [9.17, 15) is 4.79 Å². The van der Waals surface area contributed by atoms with Crippen LogP contribution in [0.5, 0.6) is 0 Å². The summed E-state index contributed by atoms with van der Waals surface area (Å²) in [6, 6.07) is 3.50. The topological polar surface area (TPSA) is 81.4 Å². The monoisotopic (exact) mass is 316 g/mol. The van der Waals surface area contributed by atoms with E-state index in [4.69, 9.17) is 9.26 Å². The maximum atomic E-state index is 12.1. The minimum Gasteiger partial charge on any atom is -0.462 e. The number of nitrogens with zero attached hydrogens (tertiary/aromatic N) is 4. The van der Waals surface area contributed by atoms with Crippen LogP contribution in [0.15, 0.2) is 22.9 Å². The van der Waals surface area contributed by atoms with E-state index >= 15 is 0 Å². The van der Waals surface area contributed by atoms with E-state index in [-0.39, 0.29) is 11.9 Å². The summed E-state index contributed by atoms with van der Waals surface area (Å²) >= 11 is 0.